The molecule has 0 spiro atoms. The first-order valence-corrected chi connectivity index (χ1v) is 6.66. The van der Waals surface area contributed by atoms with Crippen molar-refractivity contribution in [3.8, 4) is 0 Å². The zero-order valence-corrected chi connectivity index (χ0v) is 11.2. The van der Waals surface area contributed by atoms with Gasteiger partial charge in [-0.3, -0.25) is 4.79 Å². The Labute approximate surface area is 118 Å². The van der Waals surface area contributed by atoms with Crippen LogP contribution in [0.1, 0.15) is 21.3 Å². The van der Waals surface area contributed by atoms with Crippen LogP contribution in [0.2, 0.25) is 5.02 Å². The summed E-state index contributed by atoms with van der Waals surface area (Å²) in [6.07, 6.45) is 0. The van der Waals surface area contributed by atoms with Gasteiger partial charge in [0, 0.05) is 15.5 Å². The van der Waals surface area contributed by atoms with Crippen molar-refractivity contribution in [2.45, 2.75) is 6.04 Å². The van der Waals surface area contributed by atoms with Crippen molar-refractivity contribution >= 4 is 34.8 Å². The number of amides is 1. The summed E-state index contributed by atoms with van der Waals surface area (Å²) in [5.41, 5.74) is 0.329. The number of rotatable bonds is 4. The first-order valence-electron chi connectivity index (χ1n) is 5.40. The smallest absolute Gasteiger partial charge is 0.331 e. The third-order valence-electron chi connectivity index (χ3n) is 2.44. The number of thiophene rings is 1. The second-order valence-corrected chi connectivity index (χ2v) is 5.19. The lowest BCUT2D eigenvalue weighted by Crippen LogP contribution is -2.33. The Kier molecular flexibility index (Phi) is 4.19. The van der Waals surface area contributed by atoms with E-state index in [0.717, 1.165) is 0 Å². The minimum atomic E-state index is -1.10. The van der Waals surface area contributed by atoms with E-state index in [1.807, 2.05) is 0 Å². The summed E-state index contributed by atoms with van der Waals surface area (Å²) in [6, 6.07) is 8.71. The summed E-state index contributed by atoms with van der Waals surface area (Å²) >= 11 is 7.07. The summed E-state index contributed by atoms with van der Waals surface area (Å²) in [5, 5.41) is 13.8. The van der Waals surface area contributed by atoms with Gasteiger partial charge in [0.2, 0.25) is 0 Å². The molecule has 0 saturated carbocycles. The van der Waals surface area contributed by atoms with Crippen molar-refractivity contribution in [2.75, 3.05) is 0 Å². The van der Waals surface area contributed by atoms with Crippen molar-refractivity contribution in [2.24, 2.45) is 0 Å². The lowest BCUT2D eigenvalue weighted by atomic mass is 10.2. The Hall–Kier alpha value is -1.85. The molecule has 0 radical (unpaired) electrons. The summed E-state index contributed by atoms with van der Waals surface area (Å²) in [5.74, 6) is -1.57. The van der Waals surface area contributed by atoms with Crippen molar-refractivity contribution in [3.63, 3.8) is 0 Å². The summed E-state index contributed by atoms with van der Waals surface area (Å²) in [4.78, 5) is 23.7. The molecule has 1 aromatic carbocycles. The fourth-order valence-corrected chi connectivity index (χ4v) is 2.51. The van der Waals surface area contributed by atoms with E-state index in [-0.39, 0.29) is 0 Å². The van der Waals surface area contributed by atoms with E-state index in [9.17, 15) is 9.59 Å². The van der Waals surface area contributed by atoms with Crippen LogP contribution >= 0.6 is 22.9 Å². The SMILES string of the molecule is O=C(NC(C(=O)O)c1cccs1)c1cccc(Cl)c1. The maximum atomic E-state index is 12.0. The monoisotopic (exact) mass is 295 g/mol. The molecule has 2 aromatic rings. The zero-order chi connectivity index (χ0) is 13.8. The van der Waals surface area contributed by atoms with E-state index >= 15 is 0 Å². The highest BCUT2D eigenvalue weighted by Crippen LogP contribution is 2.20. The quantitative estimate of drug-likeness (QED) is 0.911. The molecule has 4 nitrogen and oxygen atoms in total. The molecule has 6 heteroatoms. The van der Waals surface area contributed by atoms with Gasteiger partial charge in [-0.2, -0.15) is 0 Å². The topological polar surface area (TPSA) is 66.4 Å². The number of halogens is 1. The van der Waals surface area contributed by atoms with Crippen LogP contribution in [0.15, 0.2) is 41.8 Å². The number of carbonyl (C=O) groups is 2. The molecule has 0 aliphatic rings. The molecule has 1 amide bonds. The highest BCUT2D eigenvalue weighted by Gasteiger charge is 2.23. The van der Waals surface area contributed by atoms with Gasteiger partial charge in [0.1, 0.15) is 0 Å². The molecule has 2 N–H and O–H groups in total. The fourth-order valence-electron chi connectivity index (χ4n) is 1.55. The van der Waals surface area contributed by atoms with Crippen LogP contribution in [-0.2, 0) is 4.79 Å². The average Bonchev–Trinajstić information content (AvgIpc) is 2.88. The Balaban J connectivity index is 2.19. The van der Waals surface area contributed by atoms with Crippen molar-refractivity contribution in [1.82, 2.24) is 5.32 Å². The van der Waals surface area contributed by atoms with Gasteiger partial charge in [0.05, 0.1) is 0 Å². The van der Waals surface area contributed by atoms with Crippen LogP contribution in [-0.4, -0.2) is 17.0 Å². The van der Waals surface area contributed by atoms with E-state index in [2.05, 4.69) is 5.32 Å². The molecule has 1 atom stereocenters. The van der Waals surface area contributed by atoms with Gasteiger partial charge in [-0.05, 0) is 29.6 Å². The second kappa shape index (κ2) is 5.86. The number of hydrogen-bond acceptors (Lipinski definition) is 3. The minimum absolute atomic E-state index is 0.329. The lowest BCUT2D eigenvalue weighted by molar-refractivity contribution is -0.139. The van der Waals surface area contributed by atoms with Gasteiger partial charge >= 0.3 is 5.97 Å². The molecule has 2 rings (SSSR count). The molecule has 0 bridgehead atoms. The minimum Gasteiger partial charge on any atom is -0.479 e. The third-order valence-corrected chi connectivity index (χ3v) is 3.61. The van der Waals surface area contributed by atoms with E-state index < -0.39 is 17.9 Å². The average molecular weight is 296 g/mol. The highest BCUT2D eigenvalue weighted by molar-refractivity contribution is 7.10. The summed E-state index contributed by atoms with van der Waals surface area (Å²) in [6.45, 7) is 0. The fraction of sp³-hybridized carbons (Fsp3) is 0.0769. The van der Waals surface area contributed by atoms with Gasteiger partial charge in [-0.15, -0.1) is 11.3 Å². The van der Waals surface area contributed by atoms with Crippen LogP contribution in [0.25, 0.3) is 0 Å². The summed E-state index contributed by atoms with van der Waals surface area (Å²) in [7, 11) is 0. The number of carboxylic acids is 1. The van der Waals surface area contributed by atoms with Crippen molar-refractivity contribution in [3.05, 3.63) is 57.2 Å². The van der Waals surface area contributed by atoms with Crippen molar-refractivity contribution < 1.29 is 14.7 Å². The van der Waals surface area contributed by atoms with Crippen LogP contribution < -0.4 is 5.32 Å². The molecular weight excluding hydrogens is 286 g/mol. The van der Waals surface area contributed by atoms with Crippen LogP contribution in [0, 0.1) is 0 Å². The van der Waals surface area contributed by atoms with E-state index in [0.29, 0.717) is 15.5 Å². The second-order valence-electron chi connectivity index (χ2n) is 3.77. The normalized spacial score (nSPS) is 11.8. The molecule has 1 aromatic heterocycles. The van der Waals surface area contributed by atoms with E-state index in [1.165, 1.54) is 17.4 Å². The van der Waals surface area contributed by atoms with Crippen LogP contribution in [0.3, 0.4) is 0 Å². The Bertz CT molecular complexity index is 598. The molecule has 1 heterocycles. The molecule has 1 unspecified atom stereocenters. The number of nitrogens with one attached hydrogen (secondary N) is 1. The van der Waals surface area contributed by atoms with Crippen LogP contribution in [0.5, 0.6) is 0 Å². The summed E-state index contributed by atoms with van der Waals surface area (Å²) < 4.78 is 0. The molecule has 0 aliphatic carbocycles. The Morgan fingerprint density at radius 3 is 2.63 bits per heavy atom. The van der Waals surface area contributed by atoms with Gasteiger partial charge in [-0.25, -0.2) is 4.79 Å². The van der Waals surface area contributed by atoms with Gasteiger partial charge < -0.3 is 10.4 Å². The number of carboxylic acid groups (broad SMARTS) is 1. The number of carbonyl (C=O) groups excluding carboxylic acids is 1. The zero-order valence-electron chi connectivity index (χ0n) is 9.67. The van der Waals surface area contributed by atoms with Crippen LogP contribution in [0.4, 0.5) is 0 Å². The maximum Gasteiger partial charge on any atom is 0.331 e. The van der Waals surface area contributed by atoms with E-state index in [1.54, 1.807) is 35.7 Å². The lowest BCUT2D eigenvalue weighted by Gasteiger charge is -2.13. The molecule has 98 valence electrons. The van der Waals surface area contributed by atoms with Gasteiger partial charge in [0.15, 0.2) is 6.04 Å². The molecule has 0 aliphatic heterocycles. The third kappa shape index (κ3) is 3.33. The first-order chi connectivity index (χ1) is 9.08. The van der Waals surface area contributed by atoms with Gasteiger partial charge in [0.25, 0.3) is 5.91 Å². The number of benzene rings is 1. The standard InChI is InChI=1S/C13H10ClNO3S/c14-9-4-1-3-8(7-9)12(16)15-11(13(17)18)10-5-2-6-19-10/h1-7,11H,(H,15,16)(H,17,18). The largest absolute Gasteiger partial charge is 0.479 e. The molecule has 0 saturated heterocycles. The maximum absolute atomic E-state index is 12.0. The Morgan fingerprint density at radius 2 is 2.05 bits per heavy atom. The predicted octanol–water partition coefficient (Wildman–Crippen LogP) is 2.96. The first kappa shape index (κ1) is 13.6. The molecule has 19 heavy (non-hydrogen) atoms. The molecular formula is C13H10ClNO3S. The van der Waals surface area contributed by atoms with E-state index in [4.69, 9.17) is 16.7 Å². The van der Waals surface area contributed by atoms with Gasteiger partial charge in [-0.1, -0.05) is 23.7 Å². The predicted molar refractivity (Wildman–Crippen MR) is 73.6 cm³/mol. The van der Waals surface area contributed by atoms with Crippen molar-refractivity contribution in [1.29, 1.82) is 0 Å². The molecule has 0 fully saturated rings. The highest BCUT2D eigenvalue weighted by atomic mass is 35.5. The number of hydrogen-bond donors (Lipinski definition) is 2. The Morgan fingerprint density at radius 1 is 1.26 bits per heavy atom. The number of aliphatic carboxylic acids is 1.